The monoisotopic (exact) mass is 346 g/mol. The average molecular weight is 346 g/mol. The molecule has 1 aromatic heterocycles. The molecule has 1 N–H and O–H groups in total. The van der Waals surface area contributed by atoms with Gasteiger partial charge >= 0.3 is 29.6 Å². The number of nitrogens with zero attached hydrogens (tertiary/aromatic N) is 5. The van der Waals surface area contributed by atoms with E-state index in [4.69, 9.17) is 4.74 Å². The number of aryl methyl sites for hydroxylation is 1. The summed E-state index contributed by atoms with van der Waals surface area (Å²) in [6.07, 6.45) is -0.425. The van der Waals surface area contributed by atoms with Crippen LogP contribution in [0, 0.1) is 0 Å². The molecular formula is C11H11N6NaO4S. The third kappa shape index (κ3) is 2.42. The van der Waals surface area contributed by atoms with E-state index in [-0.39, 0.29) is 60.0 Å². The maximum Gasteiger partial charge on any atom is 1.00 e. The molecule has 0 aromatic carbocycles. The average Bonchev–Trinajstić information content (AvgIpc) is 3.04. The Bertz CT molecular complexity index is 708. The van der Waals surface area contributed by atoms with Gasteiger partial charge in [-0.2, -0.15) is 0 Å². The number of hydrogen-bond acceptors (Lipinski definition) is 9. The van der Waals surface area contributed by atoms with E-state index in [1.165, 1.54) is 21.3 Å². The van der Waals surface area contributed by atoms with E-state index in [2.05, 4.69) is 20.8 Å². The minimum atomic E-state index is -1.36. The van der Waals surface area contributed by atoms with Gasteiger partial charge in [-0.1, -0.05) is 11.8 Å². The first kappa shape index (κ1) is 16.9. The van der Waals surface area contributed by atoms with Crippen LogP contribution in [0.4, 0.5) is 0 Å². The van der Waals surface area contributed by atoms with Gasteiger partial charge in [0.05, 0.1) is 24.4 Å². The van der Waals surface area contributed by atoms with Crippen LogP contribution in [-0.2, 0) is 21.4 Å². The smallest absolute Gasteiger partial charge is 0.543 e. The van der Waals surface area contributed by atoms with Crippen LogP contribution in [-0.4, -0.2) is 67.7 Å². The van der Waals surface area contributed by atoms with Crippen LogP contribution >= 0.6 is 11.8 Å². The van der Waals surface area contributed by atoms with Crippen molar-refractivity contribution >= 4 is 23.6 Å². The maximum absolute atomic E-state index is 12.0. The second-order valence-electron chi connectivity index (χ2n) is 5.15. The van der Waals surface area contributed by atoms with Crippen molar-refractivity contribution in [1.82, 2.24) is 30.4 Å². The van der Waals surface area contributed by atoms with E-state index in [0.717, 1.165) is 0 Å². The predicted octanol–water partition coefficient (Wildman–Crippen LogP) is -6.15. The first-order valence-corrected chi connectivity index (χ1v) is 7.55. The molecule has 2 saturated heterocycles. The standard InChI is InChI=1S/C11H12N6O4S.Na/c1-16-11(13-14-15-16)22-2-4-6(10(19)20)17-7-5(9(17)18)12-3-21-8(4)7;/h5,7-8,12H,2-3H2,1H3,(H,19,20);/q;+1/p-1/t5-,7-,8?;/m0./s1. The van der Waals surface area contributed by atoms with Crippen molar-refractivity contribution in [2.24, 2.45) is 7.05 Å². The number of carbonyl (C=O) groups excluding carboxylic acids is 2. The molecule has 4 rings (SSSR count). The van der Waals surface area contributed by atoms with Crippen LogP contribution in [0.25, 0.3) is 0 Å². The largest absolute Gasteiger partial charge is 1.00 e. The summed E-state index contributed by atoms with van der Waals surface area (Å²) in [5, 5.41) is 26.0. The van der Waals surface area contributed by atoms with Crippen LogP contribution < -0.4 is 40.0 Å². The van der Waals surface area contributed by atoms with E-state index in [0.29, 0.717) is 16.5 Å². The summed E-state index contributed by atoms with van der Waals surface area (Å²) in [5.41, 5.74) is 0.456. The third-order valence-electron chi connectivity index (χ3n) is 4.04. The fourth-order valence-corrected chi connectivity index (χ4v) is 3.98. The molecule has 3 aliphatic heterocycles. The summed E-state index contributed by atoms with van der Waals surface area (Å²) in [7, 11) is 1.69. The van der Waals surface area contributed by atoms with Crippen LogP contribution in [0.2, 0.25) is 0 Å². The predicted molar refractivity (Wildman–Crippen MR) is 68.9 cm³/mol. The molecule has 0 spiro atoms. The number of nitrogens with one attached hydrogen (secondary N) is 1. The van der Waals surface area contributed by atoms with E-state index < -0.39 is 12.1 Å². The number of carbonyl (C=O) groups is 2. The van der Waals surface area contributed by atoms with Gasteiger partial charge in [0.25, 0.3) is 0 Å². The Hall–Kier alpha value is -0.980. The zero-order chi connectivity index (χ0) is 15.4. The van der Waals surface area contributed by atoms with Crippen molar-refractivity contribution < 1.29 is 49.0 Å². The molecule has 23 heavy (non-hydrogen) atoms. The fourth-order valence-electron chi connectivity index (χ4n) is 3.08. The van der Waals surface area contributed by atoms with E-state index in [1.807, 2.05) is 0 Å². The molecule has 4 heterocycles. The molecule has 3 atom stereocenters. The number of carboxylic acids is 1. The summed E-state index contributed by atoms with van der Waals surface area (Å²) >= 11 is 1.29. The number of amides is 1. The Kier molecular flexibility index (Phi) is 4.51. The van der Waals surface area contributed by atoms with E-state index in [1.54, 1.807) is 7.05 Å². The van der Waals surface area contributed by atoms with Crippen molar-refractivity contribution in [3.8, 4) is 0 Å². The maximum atomic E-state index is 12.0. The zero-order valence-corrected chi connectivity index (χ0v) is 15.2. The SMILES string of the molecule is Cn1nnnc1SCC1=C(C(=O)[O-])N2C(=O)[C@H]3NCOC1[C@H]32.[Na+]. The van der Waals surface area contributed by atoms with Gasteiger partial charge in [0.2, 0.25) is 11.1 Å². The minimum Gasteiger partial charge on any atom is -0.543 e. The Labute approximate surface area is 156 Å². The normalized spacial score (nSPS) is 28.3. The summed E-state index contributed by atoms with van der Waals surface area (Å²) in [6.45, 7) is 0.214. The molecule has 3 aliphatic rings. The quantitative estimate of drug-likeness (QED) is 0.322. The molecule has 10 nitrogen and oxygen atoms in total. The summed E-state index contributed by atoms with van der Waals surface area (Å²) in [5.74, 6) is -1.30. The van der Waals surface area contributed by atoms with Crippen LogP contribution in [0.3, 0.4) is 0 Å². The molecule has 12 heteroatoms. The van der Waals surface area contributed by atoms with Crippen molar-refractivity contribution in [1.29, 1.82) is 0 Å². The van der Waals surface area contributed by atoms with E-state index >= 15 is 0 Å². The summed E-state index contributed by atoms with van der Waals surface area (Å²) in [6, 6.07) is -0.686. The minimum absolute atomic E-state index is 0. The van der Waals surface area contributed by atoms with Gasteiger partial charge in [0.15, 0.2) is 0 Å². The second kappa shape index (κ2) is 6.15. The molecule has 2 fully saturated rings. The van der Waals surface area contributed by atoms with Gasteiger partial charge in [-0.05, 0) is 16.0 Å². The van der Waals surface area contributed by atoms with Crippen molar-refractivity contribution in [2.75, 3.05) is 12.5 Å². The third-order valence-corrected chi connectivity index (χ3v) is 5.10. The molecule has 0 radical (unpaired) electrons. The number of thioether (sulfide) groups is 1. The molecule has 1 aromatic rings. The van der Waals surface area contributed by atoms with Gasteiger partial charge in [-0.3, -0.25) is 10.1 Å². The Morgan fingerprint density at radius 3 is 3.00 bits per heavy atom. The van der Waals surface area contributed by atoms with Crippen LogP contribution in [0.1, 0.15) is 0 Å². The molecular weight excluding hydrogens is 335 g/mol. The van der Waals surface area contributed by atoms with Gasteiger partial charge in [0, 0.05) is 12.8 Å². The van der Waals surface area contributed by atoms with Crippen molar-refractivity contribution in [3.63, 3.8) is 0 Å². The number of carboxylic acid groups (broad SMARTS) is 1. The Balaban J connectivity index is 0.00000156. The number of tetrazole rings is 1. The molecule has 0 aliphatic carbocycles. The first-order chi connectivity index (χ1) is 10.6. The molecule has 0 saturated carbocycles. The van der Waals surface area contributed by atoms with Gasteiger partial charge in [0.1, 0.15) is 12.1 Å². The number of ether oxygens (including phenoxy) is 1. The molecule has 0 bridgehead atoms. The molecule has 1 unspecified atom stereocenters. The second-order valence-corrected chi connectivity index (χ2v) is 6.09. The number of aliphatic carboxylic acids is 1. The van der Waals surface area contributed by atoms with Gasteiger partial charge in [-0.15, -0.1) is 5.10 Å². The topological polar surface area (TPSA) is 125 Å². The molecule has 116 valence electrons. The summed E-state index contributed by atoms with van der Waals surface area (Å²) in [4.78, 5) is 24.8. The Morgan fingerprint density at radius 2 is 2.35 bits per heavy atom. The van der Waals surface area contributed by atoms with Gasteiger partial charge < -0.3 is 19.5 Å². The Morgan fingerprint density at radius 1 is 1.57 bits per heavy atom. The van der Waals surface area contributed by atoms with Crippen molar-refractivity contribution in [2.45, 2.75) is 23.3 Å². The van der Waals surface area contributed by atoms with E-state index in [9.17, 15) is 14.7 Å². The zero-order valence-electron chi connectivity index (χ0n) is 12.4. The van der Waals surface area contributed by atoms with Gasteiger partial charge in [-0.25, -0.2) is 4.68 Å². The fraction of sp³-hybridized carbons (Fsp3) is 0.545. The first-order valence-electron chi connectivity index (χ1n) is 6.57. The molecule has 1 amide bonds. The number of rotatable bonds is 4. The number of aromatic nitrogens is 4. The number of β-lactam (4-membered cyclic amide) rings is 1. The van der Waals surface area contributed by atoms with Crippen molar-refractivity contribution in [3.05, 3.63) is 11.3 Å². The van der Waals surface area contributed by atoms with Crippen LogP contribution in [0.5, 0.6) is 0 Å². The summed E-state index contributed by atoms with van der Waals surface area (Å²) < 4.78 is 7.11. The number of hydrogen-bond donors (Lipinski definition) is 1. The van der Waals surface area contributed by atoms with Crippen LogP contribution in [0.15, 0.2) is 16.4 Å².